The lowest BCUT2D eigenvalue weighted by Gasteiger charge is -2.30. The fourth-order valence-electron chi connectivity index (χ4n) is 2.91. The van der Waals surface area contributed by atoms with E-state index in [9.17, 15) is 9.90 Å². The van der Waals surface area contributed by atoms with Crippen LogP contribution in [0.3, 0.4) is 0 Å². The molecule has 132 valence electrons. The van der Waals surface area contributed by atoms with Gasteiger partial charge in [0.15, 0.2) is 0 Å². The molecule has 3 rings (SSSR count). The number of benzene rings is 2. The number of carbonyl (C=O) groups excluding carboxylic acids is 1. The number of carbonyl (C=O) groups is 1. The van der Waals surface area contributed by atoms with E-state index in [1.807, 2.05) is 54.6 Å². The third-order valence-corrected chi connectivity index (χ3v) is 4.27. The molecule has 2 aromatic rings. The molecule has 2 aromatic carbocycles. The molecule has 0 bridgehead atoms. The maximum absolute atomic E-state index is 12.2. The number of hydrogen-bond donors (Lipinski definition) is 2. The van der Waals surface area contributed by atoms with E-state index >= 15 is 0 Å². The maximum atomic E-state index is 12.2. The van der Waals surface area contributed by atoms with Gasteiger partial charge < -0.3 is 20.1 Å². The summed E-state index contributed by atoms with van der Waals surface area (Å²) in [5, 5.41) is 12.6. The second-order valence-electron chi connectivity index (χ2n) is 6.32. The van der Waals surface area contributed by atoms with Gasteiger partial charge in [-0.2, -0.15) is 0 Å². The Balaban J connectivity index is 1.50. The number of ether oxygens (including phenoxy) is 1. The van der Waals surface area contributed by atoms with E-state index in [1.54, 1.807) is 4.90 Å². The van der Waals surface area contributed by atoms with Gasteiger partial charge in [0.1, 0.15) is 12.4 Å². The Kier molecular flexibility index (Phi) is 5.90. The number of piperidine rings is 1. The van der Waals surface area contributed by atoms with Gasteiger partial charge in [-0.15, -0.1) is 0 Å². The predicted molar refractivity (Wildman–Crippen MR) is 96.3 cm³/mol. The van der Waals surface area contributed by atoms with Crippen molar-refractivity contribution in [1.82, 2.24) is 10.2 Å². The third-order valence-electron chi connectivity index (χ3n) is 4.27. The Labute approximate surface area is 148 Å². The molecule has 0 saturated carbocycles. The zero-order valence-corrected chi connectivity index (χ0v) is 14.2. The number of nitrogens with zero attached hydrogens (tertiary/aromatic N) is 1. The van der Waals surface area contributed by atoms with Gasteiger partial charge in [-0.3, -0.25) is 0 Å². The molecule has 0 radical (unpaired) electrons. The third kappa shape index (κ3) is 5.22. The Morgan fingerprint density at radius 1 is 1.16 bits per heavy atom. The van der Waals surface area contributed by atoms with E-state index in [1.165, 1.54) is 0 Å². The van der Waals surface area contributed by atoms with Gasteiger partial charge >= 0.3 is 6.03 Å². The summed E-state index contributed by atoms with van der Waals surface area (Å²) in [5.41, 5.74) is 2.10. The molecule has 2 amide bonds. The summed E-state index contributed by atoms with van der Waals surface area (Å²) < 4.78 is 5.81. The van der Waals surface area contributed by atoms with Crippen molar-refractivity contribution in [3.8, 4) is 5.75 Å². The van der Waals surface area contributed by atoms with Crippen molar-refractivity contribution in [1.29, 1.82) is 0 Å². The first-order valence-corrected chi connectivity index (χ1v) is 8.67. The fourth-order valence-corrected chi connectivity index (χ4v) is 2.91. The molecule has 1 heterocycles. The molecule has 1 atom stereocenters. The minimum atomic E-state index is -0.408. The number of urea groups is 1. The number of hydrogen-bond acceptors (Lipinski definition) is 3. The normalized spacial score (nSPS) is 17.2. The summed E-state index contributed by atoms with van der Waals surface area (Å²) in [5.74, 6) is 0.781. The molecule has 1 aliphatic heterocycles. The number of nitrogens with one attached hydrogen (secondary N) is 1. The van der Waals surface area contributed by atoms with Crippen LogP contribution in [-0.2, 0) is 13.2 Å². The van der Waals surface area contributed by atoms with Crippen molar-refractivity contribution >= 4 is 6.03 Å². The van der Waals surface area contributed by atoms with Crippen molar-refractivity contribution in [3.05, 3.63) is 65.7 Å². The Morgan fingerprint density at radius 3 is 2.76 bits per heavy atom. The predicted octanol–water partition coefficient (Wildman–Crippen LogP) is 2.93. The molecule has 5 heteroatoms. The largest absolute Gasteiger partial charge is 0.489 e. The summed E-state index contributed by atoms with van der Waals surface area (Å²) in [6.07, 6.45) is 1.20. The molecule has 25 heavy (non-hydrogen) atoms. The van der Waals surface area contributed by atoms with Crippen molar-refractivity contribution in [2.24, 2.45) is 0 Å². The minimum Gasteiger partial charge on any atom is -0.489 e. The number of amides is 2. The standard InChI is InChI=1S/C20H24N2O3/c23-18-9-5-11-22(14-18)20(24)21-13-17-8-4-10-19(12-17)25-15-16-6-2-1-3-7-16/h1-4,6-8,10,12,18,23H,5,9,11,13-15H2,(H,21,24). The van der Waals surface area contributed by atoms with Crippen molar-refractivity contribution in [2.75, 3.05) is 13.1 Å². The van der Waals surface area contributed by atoms with Gasteiger partial charge in [0.25, 0.3) is 0 Å². The number of likely N-dealkylation sites (tertiary alicyclic amines) is 1. The van der Waals surface area contributed by atoms with Crippen LogP contribution in [0.25, 0.3) is 0 Å². The molecular weight excluding hydrogens is 316 g/mol. The first-order valence-electron chi connectivity index (χ1n) is 8.67. The smallest absolute Gasteiger partial charge is 0.317 e. The van der Waals surface area contributed by atoms with Crippen LogP contribution in [0, 0.1) is 0 Å². The summed E-state index contributed by atoms with van der Waals surface area (Å²) in [4.78, 5) is 13.9. The molecule has 0 aromatic heterocycles. The molecule has 1 unspecified atom stereocenters. The second-order valence-corrected chi connectivity index (χ2v) is 6.32. The average Bonchev–Trinajstić information content (AvgIpc) is 2.66. The molecule has 1 fully saturated rings. The van der Waals surface area contributed by atoms with Crippen LogP contribution in [0.5, 0.6) is 5.75 Å². The lowest BCUT2D eigenvalue weighted by atomic mass is 10.1. The quantitative estimate of drug-likeness (QED) is 0.880. The molecule has 1 saturated heterocycles. The average molecular weight is 340 g/mol. The lowest BCUT2D eigenvalue weighted by molar-refractivity contribution is 0.0842. The van der Waals surface area contributed by atoms with Gasteiger partial charge in [-0.25, -0.2) is 4.79 Å². The van der Waals surface area contributed by atoms with E-state index in [2.05, 4.69) is 5.32 Å². The molecule has 1 aliphatic rings. The van der Waals surface area contributed by atoms with E-state index in [-0.39, 0.29) is 6.03 Å². The van der Waals surface area contributed by atoms with Crippen LogP contribution < -0.4 is 10.1 Å². The van der Waals surface area contributed by atoms with E-state index in [0.717, 1.165) is 29.7 Å². The highest BCUT2D eigenvalue weighted by molar-refractivity contribution is 5.74. The number of aliphatic hydroxyl groups excluding tert-OH is 1. The monoisotopic (exact) mass is 340 g/mol. The number of β-amino-alcohol motifs (C(OH)–C–C–N with tert-alkyl or cyclic N) is 1. The molecule has 2 N–H and O–H groups in total. The van der Waals surface area contributed by atoms with Crippen LogP contribution in [-0.4, -0.2) is 35.2 Å². The minimum absolute atomic E-state index is 0.130. The Hall–Kier alpha value is -2.53. The molecule has 0 aliphatic carbocycles. The zero-order chi connectivity index (χ0) is 17.5. The first-order chi connectivity index (χ1) is 12.2. The second kappa shape index (κ2) is 8.53. The summed E-state index contributed by atoms with van der Waals surface area (Å²) in [6, 6.07) is 17.6. The van der Waals surface area contributed by atoms with Crippen LogP contribution in [0.1, 0.15) is 24.0 Å². The van der Waals surface area contributed by atoms with Crippen molar-refractivity contribution < 1.29 is 14.6 Å². The summed E-state index contributed by atoms with van der Waals surface area (Å²) in [7, 11) is 0. The zero-order valence-electron chi connectivity index (χ0n) is 14.2. The highest BCUT2D eigenvalue weighted by Crippen LogP contribution is 2.16. The van der Waals surface area contributed by atoms with E-state index in [4.69, 9.17) is 4.74 Å². The van der Waals surface area contributed by atoms with Crippen LogP contribution in [0.4, 0.5) is 4.79 Å². The van der Waals surface area contributed by atoms with Gasteiger partial charge in [-0.1, -0.05) is 42.5 Å². The SMILES string of the molecule is O=C(NCc1cccc(OCc2ccccc2)c1)N1CCCC(O)C1. The Bertz CT molecular complexity index is 690. The lowest BCUT2D eigenvalue weighted by Crippen LogP contribution is -2.46. The number of rotatable bonds is 5. The van der Waals surface area contributed by atoms with E-state index < -0.39 is 6.10 Å². The van der Waals surface area contributed by atoms with Gasteiger partial charge in [-0.05, 0) is 36.1 Å². The summed E-state index contributed by atoms with van der Waals surface area (Å²) in [6.45, 7) is 2.06. The van der Waals surface area contributed by atoms with Gasteiger partial charge in [0.2, 0.25) is 0 Å². The maximum Gasteiger partial charge on any atom is 0.317 e. The van der Waals surface area contributed by atoms with Crippen LogP contribution in [0.15, 0.2) is 54.6 Å². The van der Waals surface area contributed by atoms with Crippen LogP contribution >= 0.6 is 0 Å². The van der Waals surface area contributed by atoms with E-state index in [0.29, 0.717) is 26.2 Å². The van der Waals surface area contributed by atoms with Gasteiger partial charge in [0, 0.05) is 19.6 Å². The molecule has 0 spiro atoms. The highest BCUT2D eigenvalue weighted by Gasteiger charge is 2.21. The van der Waals surface area contributed by atoms with Crippen molar-refractivity contribution in [2.45, 2.75) is 32.1 Å². The molecular formula is C20H24N2O3. The Morgan fingerprint density at radius 2 is 1.96 bits per heavy atom. The van der Waals surface area contributed by atoms with Crippen LogP contribution in [0.2, 0.25) is 0 Å². The highest BCUT2D eigenvalue weighted by atomic mass is 16.5. The van der Waals surface area contributed by atoms with Gasteiger partial charge in [0.05, 0.1) is 6.10 Å². The fraction of sp³-hybridized carbons (Fsp3) is 0.350. The topological polar surface area (TPSA) is 61.8 Å². The first kappa shape index (κ1) is 17.3. The van der Waals surface area contributed by atoms with Crippen molar-refractivity contribution in [3.63, 3.8) is 0 Å². The summed E-state index contributed by atoms with van der Waals surface area (Å²) >= 11 is 0. The number of aliphatic hydroxyl groups is 1. The molecule has 5 nitrogen and oxygen atoms in total.